The maximum absolute atomic E-state index is 13.8. The number of likely N-dealkylation sites (tertiary alicyclic amines) is 1. The Hall–Kier alpha value is -1.53. The van der Waals surface area contributed by atoms with Crippen molar-refractivity contribution in [3.8, 4) is 0 Å². The number of aliphatic hydroxyl groups excluding tert-OH is 1. The van der Waals surface area contributed by atoms with E-state index in [1.54, 1.807) is 0 Å². The molecule has 3 rings (SSSR count). The van der Waals surface area contributed by atoms with E-state index in [2.05, 4.69) is 0 Å². The number of carbonyl (C=O) groups excluding carboxylic acids is 1. The van der Waals surface area contributed by atoms with Gasteiger partial charge in [0.1, 0.15) is 0 Å². The number of hydrogen-bond acceptors (Lipinski definition) is 3. The first kappa shape index (κ1) is 16.3. The third kappa shape index (κ3) is 2.64. The number of halogens is 2. The quantitative estimate of drug-likeness (QED) is 0.928. The molecule has 2 unspecified atom stereocenters. The van der Waals surface area contributed by atoms with E-state index in [0.717, 1.165) is 6.07 Å². The highest BCUT2D eigenvalue weighted by Gasteiger charge is 2.56. The predicted molar refractivity (Wildman–Crippen MR) is 80.0 cm³/mol. The summed E-state index contributed by atoms with van der Waals surface area (Å²) < 4.78 is 32.7. The highest BCUT2D eigenvalue weighted by Crippen LogP contribution is 2.51. The lowest BCUT2D eigenvalue weighted by Crippen LogP contribution is -2.62. The summed E-state index contributed by atoms with van der Waals surface area (Å²) in [5.74, 6) is -2.62. The molecule has 1 aromatic carbocycles. The molecule has 126 valence electrons. The largest absolute Gasteiger partial charge is 0.392 e. The molecule has 4 nitrogen and oxygen atoms in total. The van der Waals surface area contributed by atoms with Crippen LogP contribution in [0.15, 0.2) is 18.2 Å². The SMILES string of the molecule is CCOC1CC(O)C12CCN(C(=O)c1cccc(F)c1F)CC2. The molecule has 1 N–H and O–H groups in total. The summed E-state index contributed by atoms with van der Waals surface area (Å²) >= 11 is 0. The zero-order chi connectivity index (χ0) is 16.6. The highest BCUT2D eigenvalue weighted by atomic mass is 19.2. The highest BCUT2D eigenvalue weighted by molar-refractivity contribution is 5.94. The molecular weight excluding hydrogens is 304 g/mol. The van der Waals surface area contributed by atoms with E-state index in [1.807, 2.05) is 6.92 Å². The van der Waals surface area contributed by atoms with E-state index in [0.29, 0.717) is 39.0 Å². The molecule has 2 atom stereocenters. The van der Waals surface area contributed by atoms with Gasteiger partial charge in [0.05, 0.1) is 17.8 Å². The van der Waals surface area contributed by atoms with Crippen LogP contribution in [0.3, 0.4) is 0 Å². The molecule has 1 aliphatic carbocycles. The number of carbonyl (C=O) groups is 1. The molecule has 2 aliphatic rings. The molecule has 1 aromatic rings. The molecule has 2 fully saturated rings. The Labute approximate surface area is 134 Å². The number of rotatable bonds is 3. The first-order valence-corrected chi connectivity index (χ1v) is 8.02. The van der Waals surface area contributed by atoms with E-state index in [9.17, 15) is 18.7 Å². The third-order valence-electron chi connectivity index (χ3n) is 5.27. The minimum absolute atomic E-state index is 0.0191. The van der Waals surface area contributed by atoms with Crippen molar-refractivity contribution in [3.63, 3.8) is 0 Å². The monoisotopic (exact) mass is 325 g/mol. The molecule has 1 spiro atoms. The number of amides is 1. The van der Waals surface area contributed by atoms with Gasteiger partial charge in [0.25, 0.3) is 5.91 Å². The van der Waals surface area contributed by atoms with Gasteiger partial charge in [0, 0.05) is 31.5 Å². The molecular formula is C17H21F2NO3. The Morgan fingerprint density at radius 1 is 1.39 bits per heavy atom. The number of benzene rings is 1. The summed E-state index contributed by atoms with van der Waals surface area (Å²) in [6.07, 6.45) is 1.46. The summed E-state index contributed by atoms with van der Waals surface area (Å²) in [6, 6.07) is 3.62. The van der Waals surface area contributed by atoms with E-state index in [4.69, 9.17) is 4.74 Å². The molecule has 1 aliphatic heterocycles. The van der Waals surface area contributed by atoms with Gasteiger partial charge in [-0.15, -0.1) is 0 Å². The average molecular weight is 325 g/mol. The normalized spacial score (nSPS) is 26.2. The van der Waals surface area contributed by atoms with Crippen LogP contribution in [0, 0.1) is 17.0 Å². The van der Waals surface area contributed by atoms with Crippen LogP contribution in [0.25, 0.3) is 0 Å². The summed E-state index contributed by atoms with van der Waals surface area (Å²) in [7, 11) is 0. The van der Waals surface area contributed by atoms with Crippen molar-refractivity contribution in [2.24, 2.45) is 5.41 Å². The standard InChI is InChI=1S/C17H21F2NO3/c1-2-23-14-10-13(21)17(14)6-8-20(9-7-17)16(22)11-4-3-5-12(18)15(11)19/h3-5,13-14,21H,2,6-10H2,1H3. The molecule has 0 radical (unpaired) electrons. The second kappa shape index (κ2) is 6.17. The van der Waals surface area contributed by atoms with E-state index in [1.165, 1.54) is 17.0 Å². The summed E-state index contributed by atoms with van der Waals surface area (Å²) in [5.41, 5.74) is -0.538. The zero-order valence-electron chi connectivity index (χ0n) is 13.1. The fourth-order valence-electron chi connectivity index (χ4n) is 3.78. The number of hydrogen-bond donors (Lipinski definition) is 1. The number of piperidine rings is 1. The number of nitrogens with zero attached hydrogens (tertiary/aromatic N) is 1. The van der Waals surface area contributed by atoms with Gasteiger partial charge in [-0.25, -0.2) is 8.78 Å². The van der Waals surface area contributed by atoms with Gasteiger partial charge in [0.2, 0.25) is 0 Å². The van der Waals surface area contributed by atoms with Crippen LogP contribution >= 0.6 is 0 Å². The lowest BCUT2D eigenvalue weighted by Gasteiger charge is -2.56. The average Bonchev–Trinajstić information content (AvgIpc) is 2.57. The minimum atomic E-state index is -1.10. The van der Waals surface area contributed by atoms with Crippen molar-refractivity contribution in [2.75, 3.05) is 19.7 Å². The molecule has 0 bridgehead atoms. The second-order valence-electron chi connectivity index (χ2n) is 6.32. The van der Waals surface area contributed by atoms with Crippen molar-refractivity contribution < 1.29 is 23.4 Å². The summed E-state index contributed by atoms with van der Waals surface area (Å²) in [5, 5.41) is 10.1. The van der Waals surface area contributed by atoms with Gasteiger partial charge in [0.15, 0.2) is 11.6 Å². The Morgan fingerprint density at radius 3 is 2.70 bits per heavy atom. The van der Waals surface area contributed by atoms with Gasteiger partial charge in [-0.3, -0.25) is 4.79 Å². The van der Waals surface area contributed by atoms with Gasteiger partial charge in [-0.2, -0.15) is 0 Å². The van der Waals surface area contributed by atoms with Crippen molar-refractivity contribution in [1.82, 2.24) is 4.90 Å². The summed E-state index contributed by atoms with van der Waals surface area (Å²) in [4.78, 5) is 13.9. The lowest BCUT2D eigenvalue weighted by atomic mass is 9.58. The van der Waals surface area contributed by atoms with Gasteiger partial charge in [-0.1, -0.05) is 6.07 Å². The third-order valence-corrected chi connectivity index (χ3v) is 5.27. The van der Waals surface area contributed by atoms with Crippen molar-refractivity contribution in [3.05, 3.63) is 35.4 Å². The predicted octanol–water partition coefficient (Wildman–Crippen LogP) is 2.36. The molecule has 1 amide bonds. The fourth-order valence-corrected chi connectivity index (χ4v) is 3.78. The minimum Gasteiger partial charge on any atom is -0.392 e. The Bertz CT molecular complexity index is 598. The van der Waals surface area contributed by atoms with E-state index < -0.39 is 23.6 Å². The summed E-state index contributed by atoms with van der Waals surface area (Å²) in [6.45, 7) is 3.34. The second-order valence-corrected chi connectivity index (χ2v) is 6.32. The van der Waals surface area contributed by atoms with Crippen molar-refractivity contribution in [2.45, 2.75) is 38.4 Å². The lowest BCUT2D eigenvalue weighted by molar-refractivity contribution is -0.207. The van der Waals surface area contributed by atoms with Crippen LogP contribution in [0.2, 0.25) is 0 Å². The molecule has 6 heteroatoms. The maximum Gasteiger partial charge on any atom is 0.256 e. The Morgan fingerprint density at radius 2 is 2.09 bits per heavy atom. The molecule has 1 saturated carbocycles. The van der Waals surface area contributed by atoms with Crippen LogP contribution in [0.1, 0.15) is 36.5 Å². The Balaban J connectivity index is 1.69. The van der Waals surface area contributed by atoms with E-state index >= 15 is 0 Å². The van der Waals surface area contributed by atoms with Crippen LogP contribution in [-0.2, 0) is 4.74 Å². The first-order valence-electron chi connectivity index (χ1n) is 8.02. The first-order chi connectivity index (χ1) is 11.0. The fraction of sp³-hybridized carbons (Fsp3) is 0.588. The number of aliphatic hydroxyl groups is 1. The van der Waals surface area contributed by atoms with Gasteiger partial charge in [-0.05, 0) is 31.9 Å². The van der Waals surface area contributed by atoms with Crippen molar-refractivity contribution >= 4 is 5.91 Å². The van der Waals surface area contributed by atoms with E-state index in [-0.39, 0.29) is 17.1 Å². The Kier molecular flexibility index (Phi) is 4.38. The van der Waals surface area contributed by atoms with Crippen LogP contribution in [0.5, 0.6) is 0 Å². The maximum atomic E-state index is 13.8. The molecule has 23 heavy (non-hydrogen) atoms. The molecule has 0 aromatic heterocycles. The zero-order valence-corrected chi connectivity index (χ0v) is 13.1. The molecule has 1 saturated heterocycles. The smallest absolute Gasteiger partial charge is 0.256 e. The van der Waals surface area contributed by atoms with Gasteiger partial charge >= 0.3 is 0 Å². The van der Waals surface area contributed by atoms with Crippen molar-refractivity contribution in [1.29, 1.82) is 0 Å². The van der Waals surface area contributed by atoms with Crippen LogP contribution in [0.4, 0.5) is 8.78 Å². The van der Waals surface area contributed by atoms with Crippen LogP contribution < -0.4 is 0 Å². The molecule has 1 heterocycles. The van der Waals surface area contributed by atoms with Crippen LogP contribution in [-0.4, -0.2) is 47.8 Å². The topological polar surface area (TPSA) is 49.8 Å². The number of ether oxygens (including phenoxy) is 1. The van der Waals surface area contributed by atoms with Gasteiger partial charge < -0.3 is 14.7 Å².